The van der Waals surface area contributed by atoms with Crippen LogP contribution in [0.3, 0.4) is 0 Å². The highest BCUT2D eigenvalue weighted by molar-refractivity contribution is 7.92. The van der Waals surface area contributed by atoms with E-state index in [1.807, 2.05) is 20.8 Å². The van der Waals surface area contributed by atoms with Crippen LogP contribution in [0.15, 0.2) is 77.7 Å². The summed E-state index contributed by atoms with van der Waals surface area (Å²) < 4.78 is 52.8. The van der Waals surface area contributed by atoms with Crippen LogP contribution in [-0.2, 0) is 26.2 Å². The third kappa shape index (κ3) is 8.20. The van der Waals surface area contributed by atoms with Gasteiger partial charge in [0, 0.05) is 12.1 Å². The second-order valence-electron chi connectivity index (χ2n) is 10.5. The molecule has 220 valence electrons. The quantitative estimate of drug-likeness (QED) is 0.358. The number of hydrogen-bond acceptors (Lipinski definition) is 6. The van der Waals surface area contributed by atoms with Gasteiger partial charge in [-0.05, 0) is 93.9 Å². The van der Waals surface area contributed by atoms with Crippen molar-refractivity contribution in [2.24, 2.45) is 0 Å². The van der Waals surface area contributed by atoms with Gasteiger partial charge in [0.15, 0.2) is 0 Å². The summed E-state index contributed by atoms with van der Waals surface area (Å²) in [6.07, 6.45) is 0. The predicted octanol–water partition coefficient (Wildman–Crippen LogP) is 4.37. The van der Waals surface area contributed by atoms with E-state index >= 15 is 0 Å². The lowest BCUT2D eigenvalue weighted by Crippen LogP contribution is -2.54. The molecule has 9 nitrogen and oxygen atoms in total. The van der Waals surface area contributed by atoms with Gasteiger partial charge in [0.1, 0.15) is 29.9 Å². The number of sulfonamides is 1. The summed E-state index contributed by atoms with van der Waals surface area (Å²) in [6.45, 7) is 6.42. The summed E-state index contributed by atoms with van der Waals surface area (Å²) in [6, 6.07) is 16.6. The standard InChI is InChI=1S/C30H36FN3O6S/c1-21(29(36)32-30(2,3)4)33(19-22-8-7-9-26(18-22)40-6)28(35)20-34(24-12-10-23(31)11-13-24)41(37,38)27-16-14-25(39-5)15-17-27/h7-18,21H,19-20H2,1-6H3,(H,32,36)/t21-/m0/s1. The molecule has 0 heterocycles. The second-order valence-corrected chi connectivity index (χ2v) is 12.3. The van der Waals surface area contributed by atoms with Crippen molar-refractivity contribution in [1.82, 2.24) is 10.2 Å². The zero-order valence-corrected chi connectivity index (χ0v) is 24.9. The number of hydrogen-bond donors (Lipinski definition) is 1. The fourth-order valence-electron chi connectivity index (χ4n) is 4.04. The maximum absolute atomic E-state index is 14.0. The molecule has 0 spiro atoms. The molecular formula is C30H36FN3O6S. The van der Waals surface area contributed by atoms with Crippen molar-refractivity contribution < 1.29 is 31.9 Å². The minimum absolute atomic E-state index is 0.00854. The summed E-state index contributed by atoms with van der Waals surface area (Å²) in [5.74, 6) is -0.576. The van der Waals surface area contributed by atoms with Crippen LogP contribution < -0.4 is 19.1 Å². The summed E-state index contributed by atoms with van der Waals surface area (Å²) >= 11 is 0. The lowest BCUT2D eigenvalue weighted by atomic mass is 10.1. The maximum Gasteiger partial charge on any atom is 0.264 e. The van der Waals surface area contributed by atoms with Gasteiger partial charge < -0.3 is 19.7 Å². The van der Waals surface area contributed by atoms with Crippen molar-refractivity contribution in [1.29, 1.82) is 0 Å². The summed E-state index contributed by atoms with van der Waals surface area (Å²) in [5.41, 5.74) is 0.205. The molecule has 3 aromatic carbocycles. The predicted molar refractivity (Wildman–Crippen MR) is 155 cm³/mol. The van der Waals surface area contributed by atoms with Crippen LogP contribution in [0.25, 0.3) is 0 Å². The van der Waals surface area contributed by atoms with Gasteiger partial charge in [0.2, 0.25) is 11.8 Å². The number of carbonyl (C=O) groups is 2. The molecule has 0 saturated carbocycles. The highest BCUT2D eigenvalue weighted by atomic mass is 32.2. The number of methoxy groups -OCH3 is 2. The Kier molecular flexibility index (Phi) is 9.98. The molecule has 1 atom stereocenters. The van der Waals surface area contributed by atoms with Gasteiger partial charge in [0.05, 0.1) is 24.8 Å². The number of rotatable bonds is 11. The molecule has 0 aliphatic carbocycles. The molecule has 11 heteroatoms. The van der Waals surface area contributed by atoms with Crippen molar-refractivity contribution in [3.8, 4) is 11.5 Å². The smallest absolute Gasteiger partial charge is 0.264 e. The highest BCUT2D eigenvalue weighted by Gasteiger charge is 2.33. The van der Waals surface area contributed by atoms with E-state index in [-0.39, 0.29) is 17.1 Å². The van der Waals surface area contributed by atoms with Gasteiger partial charge in [0.25, 0.3) is 10.0 Å². The molecule has 41 heavy (non-hydrogen) atoms. The van der Waals surface area contributed by atoms with E-state index in [1.165, 1.54) is 55.5 Å². The minimum atomic E-state index is -4.29. The Balaban J connectivity index is 2.04. The van der Waals surface area contributed by atoms with Crippen LogP contribution in [0, 0.1) is 5.82 Å². The molecule has 0 bridgehead atoms. The molecule has 0 fully saturated rings. The normalized spacial score (nSPS) is 12.3. The zero-order valence-electron chi connectivity index (χ0n) is 24.0. The van der Waals surface area contributed by atoms with Crippen LogP contribution in [0.5, 0.6) is 11.5 Å². The fourth-order valence-corrected chi connectivity index (χ4v) is 5.45. The van der Waals surface area contributed by atoms with E-state index in [4.69, 9.17) is 9.47 Å². The monoisotopic (exact) mass is 585 g/mol. The average Bonchev–Trinajstić information content (AvgIpc) is 2.93. The lowest BCUT2D eigenvalue weighted by Gasteiger charge is -2.33. The molecule has 0 saturated heterocycles. The fraction of sp³-hybridized carbons (Fsp3) is 0.333. The van der Waals surface area contributed by atoms with Crippen LogP contribution in [0.4, 0.5) is 10.1 Å². The number of ether oxygens (including phenoxy) is 2. The van der Waals surface area contributed by atoms with E-state index in [2.05, 4.69) is 5.32 Å². The molecule has 2 amide bonds. The Hall–Kier alpha value is -4.12. The third-order valence-electron chi connectivity index (χ3n) is 6.19. The average molecular weight is 586 g/mol. The SMILES string of the molecule is COc1ccc(S(=O)(=O)N(CC(=O)N(Cc2cccc(OC)c2)[C@@H](C)C(=O)NC(C)(C)C)c2ccc(F)cc2)cc1. The Morgan fingerprint density at radius 2 is 1.54 bits per heavy atom. The van der Waals surface area contributed by atoms with Crippen molar-refractivity contribution in [2.45, 2.75) is 50.7 Å². The highest BCUT2D eigenvalue weighted by Crippen LogP contribution is 2.26. The van der Waals surface area contributed by atoms with Crippen molar-refractivity contribution >= 4 is 27.5 Å². The van der Waals surface area contributed by atoms with Crippen LogP contribution in [-0.4, -0.2) is 57.5 Å². The largest absolute Gasteiger partial charge is 0.497 e. The molecule has 0 aromatic heterocycles. The first kappa shape index (κ1) is 31.4. The molecule has 3 aromatic rings. The molecular weight excluding hydrogens is 549 g/mol. The molecule has 0 aliphatic heterocycles. The molecule has 0 aliphatic rings. The molecule has 0 radical (unpaired) electrons. The topological polar surface area (TPSA) is 105 Å². The van der Waals surface area contributed by atoms with Crippen molar-refractivity contribution in [3.05, 3.63) is 84.2 Å². The van der Waals surface area contributed by atoms with Crippen LogP contribution >= 0.6 is 0 Å². The van der Waals surface area contributed by atoms with Crippen LogP contribution in [0.2, 0.25) is 0 Å². The van der Waals surface area contributed by atoms with Crippen molar-refractivity contribution in [2.75, 3.05) is 25.1 Å². The third-order valence-corrected chi connectivity index (χ3v) is 7.98. The Morgan fingerprint density at radius 1 is 0.927 bits per heavy atom. The minimum Gasteiger partial charge on any atom is -0.497 e. The first-order valence-electron chi connectivity index (χ1n) is 12.9. The van der Waals surface area contributed by atoms with Crippen molar-refractivity contribution in [3.63, 3.8) is 0 Å². The molecule has 1 N–H and O–H groups in total. The van der Waals surface area contributed by atoms with E-state index in [9.17, 15) is 22.4 Å². The number of amides is 2. The number of benzene rings is 3. The summed E-state index contributed by atoms with van der Waals surface area (Å²) in [7, 11) is -1.31. The van der Waals surface area contributed by atoms with E-state index < -0.39 is 45.8 Å². The first-order chi connectivity index (χ1) is 19.2. The Bertz CT molecular complexity index is 1450. The second kappa shape index (κ2) is 13.0. The number of carbonyl (C=O) groups excluding carboxylic acids is 2. The van der Waals surface area contributed by atoms with Gasteiger partial charge >= 0.3 is 0 Å². The van der Waals surface area contributed by atoms with Gasteiger partial charge in [-0.25, -0.2) is 12.8 Å². The molecule has 3 rings (SSSR count). The molecule has 0 unspecified atom stereocenters. The number of nitrogens with zero attached hydrogens (tertiary/aromatic N) is 2. The zero-order chi connectivity index (χ0) is 30.4. The number of halogens is 1. The summed E-state index contributed by atoms with van der Waals surface area (Å²) in [4.78, 5) is 28.4. The Morgan fingerprint density at radius 3 is 2.10 bits per heavy atom. The van der Waals surface area contributed by atoms with Gasteiger partial charge in [-0.3, -0.25) is 13.9 Å². The first-order valence-corrected chi connectivity index (χ1v) is 14.4. The Labute approximate surface area is 240 Å². The summed E-state index contributed by atoms with van der Waals surface area (Å²) in [5, 5.41) is 2.88. The lowest BCUT2D eigenvalue weighted by molar-refractivity contribution is -0.140. The van der Waals surface area contributed by atoms with Gasteiger partial charge in [-0.15, -0.1) is 0 Å². The number of anilines is 1. The van der Waals surface area contributed by atoms with E-state index in [1.54, 1.807) is 31.2 Å². The maximum atomic E-state index is 14.0. The van der Waals surface area contributed by atoms with E-state index in [0.29, 0.717) is 17.1 Å². The van der Waals surface area contributed by atoms with Gasteiger partial charge in [-0.2, -0.15) is 0 Å². The van der Waals surface area contributed by atoms with E-state index in [0.717, 1.165) is 16.4 Å². The van der Waals surface area contributed by atoms with Gasteiger partial charge in [-0.1, -0.05) is 12.1 Å². The van der Waals surface area contributed by atoms with Crippen LogP contribution in [0.1, 0.15) is 33.3 Å². The number of nitrogens with one attached hydrogen (secondary N) is 1.